The number of nitrogens with one attached hydrogen (secondary N) is 3. The first kappa shape index (κ1) is 21.3. The molecule has 4 aromatic heterocycles. The topological polar surface area (TPSA) is 138 Å². The first-order chi connectivity index (χ1) is 17.1. The van der Waals surface area contributed by atoms with Crippen molar-refractivity contribution in [2.24, 2.45) is 0 Å². The van der Waals surface area contributed by atoms with Gasteiger partial charge >= 0.3 is 0 Å². The van der Waals surface area contributed by atoms with E-state index in [1.165, 1.54) is 0 Å². The van der Waals surface area contributed by atoms with Gasteiger partial charge in [0.1, 0.15) is 17.2 Å². The largest absolute Gasteiger partial charge is 0.358 e. The molecule has 11 heteroatoms. The van der Waals surface area contributed by atoms with Crippen molar-refractivity contribution in [1.82, 2.24) is 35.6 Å². The number of pyridine rings is 1. The molecule has 5 heterocycles. The summed E-state index contributed by atoms with van der Waals surface area (Å²) in [5.74, 6) is 2.09. The number of nitrogens with zero attached hydrogens (tertiary/aromatic N) is 6. The van der Waals surface area contributed by atoms with E-state index >= 15 is 0 Å². The van der Waals surface area contributed by atoms with Gasteiger partial charge in [0.15, 0.2) is 11.6 Å². The molecule has 3 N–H and O–H groups in total. The van der Waals surface area contributed by atoms with E-state index in [0.717, 1.165) is 49.4 Å². The van der Waals surface area contributed by atoms with Crippen molar-refractivity contribution in [3.8, 4) is 11.4 Å². The third kappa shape index (κ3) is 4.57. The fourth-order valence-corrected chi connectivity index (χ4v) is 4.23. The van der Waals surface area contributed by atoms with Crippen LogP contribution in [0, 0.1) is 6.92 Å². The Balaban J connectivity index is 1.32. The molecule has 2 aliphatic rings. The van der Waals surface area contributed by atoms with E-state index in [2.05, 4.69) is 40.9 Å². The van der Waals surface area contributed by atoms with Gasteiger partial charge in [0.25, 0.3) is 5.91 Å². The van der Waals surface area contributed by atoms with E-state index in [0.29, 0.717) is 29.0 Å². The number of hydrogen-bond donors (Lipinski definition) is 3. The molecule has 2 fully saturated rings. The second kappa shape index (κ2) is 8.82. The Kier molecular flexibility index (Phi) is 5.36. The summed E-state index contributed by atoms with van der Waals surface area (Å²) in [6.07, 6.45) is 5.53. The molecule has 1 saturated carbocycles. The van der Waals surface area contributed by atoms with Crippen LogP contribution in [0.1, 0.15) is 53.7 Å². The molecule has 0 aromatic carbocycles. The summed E-state index contributed by atoms with van der Waals surface area (Å²) in [7, 11) is 0. The van der Waals surface area contributed by atoms with Crippen LogP contribution < -0.4 is 15.5 Å². The number of carbonyl (C=O) groups is 1. The van der Waals surface area contributed by atoms with Crippen molar-refractivity contribution in [3.05, 3.63) is 59.7 Å². The minimum atomic E-state index is -0.203. The standard InChI is InChI=1S/C24H25N9O2/c1-14-11-22(31-30-14)28-21-13-18(23(34)26-15-7-8-15)27-24(29-21)33-10-4-6-19(33)20-12-17(32-35-20)16-5-2-3-9-25-16/h2-3,5,9,11-13,15,19H,4,6-8,10H2,1H3,(H,26,34)(H2,27,28,29,30,31). The number of aryl methyl sites for hydroxylation is 1. The lowest BCUT2D eigenvalue weighted by Crippen LogP contribution is -2.29. The van der Waals surface area contributed by atoms with Gasteiger partial charge in [-0.25, -0.2) is 4.98 Å². The number of carbonyl (C=O) groups excluding carboxylic acids is 1. The summed E-state index contributed by atoms with van der Waals surface area (Å²) in [6, 6.07) is 11.3. The SMILES string of the molecule is Cc1cc(Nc2cc(C(=O)NC3CC3)nc(N3CCCC3c3cc(-c4ccccn4)no3)n2)n[nH]1. The molecule has 178 valence electrons. The highest BCUT2D eigenvalue weighted by Gasteiger charge is 2.33. The summed E-state index contributed by atoms with van der Waals surface area (Å²) in [5, 5.41) is 17.6. The van der Waals surface area contributed by atoms with Crippen molar-refractivity contribution in [1.29, 1.82) is 0 Å². The Labute approximate surface area is 201 Å². The predicted molar refractivity (Wildman–Crippen MR) is 128 cm³/mol. The van der Waals surface area contributed by atoms with Gasteiger partial charge < -0.3 is 20.1 Å². The molecule has 1 aliphatic heterocycles. The minimum Gasteiger partial charge on any atom is -0.358 e. The maximum Gasteiger partial charge on any atom is 0.270 e. The van der Waals surface area contributed by atoms with Gasteiger partial charge in [-0.05, 0) is 44.7 Å². The number of hydrogen-bond acceptors (Lipinski definition) is 9. The Morgan fingerprint density at radius 3 is 2.80 bits per heavy atom. The molecule has 0 radical (unpaired) electrons. The lowest BCUT2D eigenvalue weighted by Gasteiger charge is -2.23. The van der Waals surface area contributed by atoms with Crippen LogP contribution in [-0.2, 0) is 0 Å². The summed E-state index contributed by atoms with van der Waals surface area (Å²) in [6.45, 7) is 2.66. The zero-order valence-corrected chi connectivity index (χ0v) is 19.2. The Bertz CT molecular complexity index is 1350. The van der Waals surface area contributed by atoms with Crippen LogP contribution in [0.25, 0.3) is 11.4 Å². The second-order valence-corrected chi connectivity index (χ2v) is 8.93. The lowest BCUT2D eigenvalue weighted by atomic mass is 10.1. The van der Waals surface area contributed by atoms with Crippen LogP contribution in [0.3, 0.4) is 0 Å². The third-order valence-electron chi connectivity index (χ3n) is 6.12. The van der Waals surface area contributed by atoms with Crippen LogP contribution in [0.5, 0.6) is 0 Å². The van der Waals surface area contributed by atoms with Crippen LogP contribution in [0.15, 0.2) is 47.1 Å². The van der Waals surface area contributed by atoms with Gasteiger partial charge in [-0.3, -0.25) is 14.9 Å². The normalized spacial score (nSPS) is 17.5. The molecular weight excluding hydrogens is 446 g/mol. The van der Waals surface area contributed by atoms with Gasteiger partial charge in [-0.2, -0.15) is 10.1 Å². The molecule has 1 aliphatic carbocycles. The predicted octanol–water partition coefficient (Wildman–Crippen LogP) is 3.54. The minimum absolute atomic E-state index is 0.0952. The number of H-pyrrole nitrogens is 1. The van der Waals surface area contributed by atoms with E-state index in [1.54, 1.807) is 12.3 Å². The molecule has 1 amide bonds. The second-order valence-electron chi connectivity index (χ2n) is 8.93. The first-order valence-electron chi connectivity index (χ1n) is 11.8. The molecule has 0 bridgehead atoms. The number of rotatable bonds is 7. The van der Waals surface area contributed by atoms with Crippen molar-refractivity contribution in [3.63, 3.8) is 0 Å². The van der Waals surface area contributed by atoms with Crippen molar-refractivity contribution < 1.29 is 9.32 Å². The van der Waals surface area contributed by atoms with Crippen molar-refractivity contribution in [2.45, 2.75) is 44.7 Å². The highest BCUT2D eigenvalue weighted by atomic mass is 16.5. The smallest absolute Gasteiger partial charge is 0.270 e. The van der Waals surface area contributed by atoms with Crippen LogP contribution >= 0.6 is 0 Å². The molecule has 4 aromatic rings. The quantitative estimate of drug-likeness (QED) is 0.369. The summed E-state index contributed by atoms with van der Waals surface area (Å²) in [5.41, 5.74) is 2.67. The zero-order valence-electron chi connectivity index (χ0n) is 19.2. The molecule has 1 atom stereocenters. The Hall–Kier alpha value is -4.28. The van der Waals surface area contributed by atoms with E-state index < -0.39 is 0 Å². The van der Waals surface area contributed by atoms with Crippen LogP contribution in [-0.4, -0.2) is 48.8 Å². The van der Waals surface area contributed by atoms with E-state index in [4.69, 9.17) is 9.51 Å². The van der Waals surface area contributed by atoms with Gasteiger partial charge in [0.05, 0.1) is 11.7 Å². The number of anilines is 3. The highest BCUT2D eigenvalue weighted by Crippen LogP contribution is 2.36. The fourth-order valence-electron chi connectivity index (χ4n) is 4.23. The maximum atomic E-state index is 12.9. The molecule has 1 unspecified atom stereocenters. The molecule has 0 spiro atoms. The molecule has 6 rings (SSSR count). The van der Waals surface area contributed by atoms with Crippen molar-refractivity contribution >= 4 is 23.5 Å². The number of amides is 1. The summed E-state index contributed by atoms with van der Waals surface area (Å²) < 4.78 is 5.73. The molecule has 11 nitrogen and oxygen atoms in total. The van der Waals surface area contributed by atoms with Gasteiger partial charge in [-0.1, -0.05) is 11.2 Å². The average molecular weight is 472 g/mol. The lowest BCUT2D eigenvalue weighted by molar-refractivity contribution is 0.0946. The van der Waals surface area contributed by atoms with E-state index in [9.17, 15) is 4.79 Å². The maximum absolute atomic E-state index is 12.9. The van der Waals surface area contributed by atoms with Crippen LogP contribution in [0.2, 0.25) is 0 Å². The molecular formula is C24H25N9O2. The Morgan fingerprint density at radius 1 is 1.11 bits per heavy atom. The van der Waals surface area contributed by atoms with Gasteiger partial charge in [0, 0.05) is 42.7 Å². The number of aromatic nitrogens is 6. The first-order valence-corrected chi connectivity index (χ1v) is 11.8. The number of aromatic amines is 1. The highest BCUT2D eigenvalue weighted by molar-refractivity contribution is 5.93. The monoisotopic (exact) mass is 471 g/mol. The van der Waals surface area contributed by atoms with E-state index in [1.807, 2.05) is 37.3 Å². The third-order valence-corrected chi connectivity index (χ3v) is 6.12. The van der Waals surface area contributed by atoms with Gasteiger partial charge in [0.2, 0.25) is 5.95 Å². The summed E-state index contributed by atoms with van der Waals surface area (Å²) in [4.78, 5) is 28.7. The molecule has 35 heavy (non-hydrogen) atoms. The van der Waals surface area contributed by atoms with Crippen LogP contribution in [0.4, 0.5) is 17.6 Å². The van der Waals surface area contributed by atoms with Gasteiger partial charge in [-0.15, -0.1) is 0 Å². The molecule has 1 saturated heterocycles. The van der Waals surface area contributed by atoms with Crippen molar-refractivity contribution in [2.75, 3.05) is 16.8 Å². The fraction of sp³-hybridized carbons (Fsp3) is 0.333. The summed E-state index contributed by atoms with van der Waals surface area (Å²) >= 11 is 0. The zero-order chi connectivity index (χ0) is 23.8. The Morgan fingerprint density at radius 2 is 2.03 bits per heavy atom. The average Bonchev–Trinajstić information content (AvgIpc) is 3.24. The van der Waals surface area contributed by atoms with E-state index in [-0.39, 0.29) is 18.0 Å².